The summed E-state index contributed by atoms with van der Waals surface area (Å²) < 4.78 is 0. The SMILES string of the molecule is O=C(NCc1ccc(N2CCCC2)nc1)C1CCCC1O. The van der Waals surface area contributed by atoms with Gasteiger partial charge >= 0.3 is 0 Å². The molecule has 2 N–H and O–H groups in total. The summed E-state index contributed by atoms with van der Waals surface area (Å²) in [4.78, 5) is 18.8. The normalized spacial score (nSPS) is 25.3. The Bertz CT molecular complexity index is 483. The molecule has 5 nitrogen and oxygen atoms in total. The standard InChI is InChI=1S/C16H23N3O2/c20-14-5-3-4-13(14)16(21)18-11-12-6-7-15(17-10-12)19-8-1-2-9-19/h6-7,10,13-14,20H,1-5,8-9,11H2,(H,18,21). The molecule has 0 bridgehead atoms. The summed E-state index contributed by atoms with van der Waals surface area (Å²) in [7, 11) is 0. The molecule has 2 unspecified atom stereocenters. The molecule has 0 radical (unpaired) electrons. The first-order valence-electron chi connectivity index (χ1n) is 7.90. The van der Waals surface area contributed by atoms with Crippen LogP contribution in [0.3, 0.4) is 0 Å². The van der Waals surface area contributed by atoms with Gasteiger partial charge in [-0.25, -0.2) is 4.98 Å². The van der Waals surface area contributed by atoms with Crippen molar-refractivity contribution in [3.05, 3.63) is 23.9 Å². The molecule has 2 atom stereocenters. The molecule has 1 aliphatic heterocycles. The molecule has 1 aromatic heterocycles. The first-order valence-corrected chi connectivity index (χ1v) is 7.90. The van der Waals surface area contributed by atoms with Gasteiger partial charge in [0.15, 0.2) is 0 Å². The van der Waals surface area contributed by atoms with Crippen LogP contribution in [0.5, 0.6) is 0 Å². The lowest BCUT2D eigenvalue weighted by atomic mass is 10.1. The Labute approximate surface area is 125 Å². The van der Waals surface area contributed by atoms with Crippen molar-refractivity contribution in [2.75, 3.05) is 18.0 Å². The van der Waals surface area contributed by atoms with Gasteiger partial charge in [0.1, 0.15) is 5.82 Å². The van der Waals surface area contributed by atoms with Crippen molar-refractivity contribution in [2.45, 2.75) is 44.8 Å². The highest BCUT2D eigenvalue weighted by molar-refractivity contribution is 5.79. The van der Waals surface area contributed by atoms with E-state index in [1.54, 1.807) is 0 Å². The number of nitrogens with one attached hydrogen (secondary N) is 1. The summed E-state index contributed by atoms with van der Waals surface area (Å²) in [5, 5.41) is 12.6. The summed E-state index contributed by atoms with van der Waals surface area (Å²) in [6, 6.07) is 4.04. The van der Waals surface area contributed by atoms with E-state index in [-0.39, 0.29) is 11.8 Å². The molecule has 5 heteroatoms. The van der Waals surface area contributed by atoms with Gasteiger partial charge in [-0.2, -0.15) is 0 Å². The van der Waals surface area contributed by atoms with Crippen LogP contribution in [0.2, 0.25) is 0 Å². The minimum absolute atomic E-state index is 0.0383. The molecule has 1 aliphatic carbocycles. The molecule has 3 rings (SSSR count). The molecule has 21 heavy (non-hydrogen) atoms. The van der Waals surface area contributed by atoms with Gasteiger partial charge in [0.25, 0.3) is 0 Å². The lowest BCUT2D eigenvalue weighted by molar-refractivity contribution is -0.127. The van der Waals surface area contributed by atoms with E-state index in [4.69, 9.17) is 0 Å². The highest BCUT2D eigenvalue weighted by atomic mass is 16.3. The van der Waals surface area contributed by atoms with Crippen LogP contribution in [0.25, 0.3) is 0 Å². The summed E-state index contributed by atoms with van der Waals surface area (Å²) in [5.74, 6) is 0.749. The van der Waals surface area contributed by atoms with Crippen LogP contribution in [0, 0.1) is 5.92 Å². The Morgan fingerprint density at radius 2 is 2.10 bits per heavy atom. The first kappa shape index (κ1) is 14.3. The molecule has 0 aromatic carbocycles. The van der Waals surface area contributed by atoms with Crippen LogP contribution in [-0.4, -0.2) is 35.2 Å². The summed E-state index contributed by atoms with van der Waals surface area (Å²) in [6.07, 6.45) is 6.31. The zero-order chi connectivity index (χ0) is 14.7. The van der Waals surface area contributed by atoms with Crippen molar-refractivity contribution in [1.82, 2.24) is 10.3 Å². The lowest BCUT2D eigenvalue weighted by Crippen LogP contribution is -2.34. The number of anilines is 1. The van der Waals surface area contributed by atoms with Crippen molar-refractivity contribution in [2.24, 2.45) is 5.92 Å². The van der Waals surface area contributed by atoms with Crippen molar-refractivity contribution in [3.8, 4) is 0 Å². The van der Waals surface area contributed by atoms with Gasteiger partial charge in [-0.3, -0.25) is 4.79 Å². The van der Waals surface area contributed by atoms with E-state index in [1.165, 1.54) is 12.8 Å². The topological polar surface area (TPSA) is 65.5 Å². The van der Waals surface area contributed by atoms with E-state index in [0.717, 1.165) is 43.7 Å². The fraction of sp³-hybridized carbons (Fsp3) is 0.625. The summed E-state index contributed by atoms with van der Waals surface area (Å²) in [5.41, 5.74) is 0.999. The molecule has 1 saturated carbocycles. The van der Waals surface area contributed by atoms with Crippen LogP contribution in [0.15, 0.2) is 18.3 Å². The molecular weight excluding hydrogens is 266 g/mol. The number of hydrogen-bond donors (Lipinski definition) is 2. The van der Waals surface area contributed by atoms with E-state index >= 15 is 0 Å². The third kappa shape index (κ3) is 3.35. The molecule has 114 valence electrons. The maximum atomic E-state index is 12.0. The Balaban J connectivity index is 1.52. The molecule has 2 heterocycles. The number of rotatable bonds is 4. The molecule has 2 aliphatic rings. The second kappa shape index (κ2) is 6.43. The maximum absolute atomic E-state index is 12.0. The quantitative estimate of drug-likeness (QED) is 0.880. The van der Waals surface area contributed by atoms with Gasteiger partial charge < -0.3 is 15.3 Å². The number of pyridine rings is 1. The average molecular weight is 289 g/mol. The van der Waals surface area contributed by atoms with Crippen molar-refractivity contribution in [3.63, 3.8) is 0 Å². The minimum atomic E-state index is -0.472. The summed E-state index contributed by atoms with van der Waals surface area (Å²) in [6.45, 7) is 2.65. The predicted octanol–water partition coefficient (Wildman–Crippen LogP) is 1.46. The molecule has 1 aromatic rings. The van der Waals surface area contributed by atoms with E-state index in [9.17, 15) is 9.90 Å². The molecule has 1 amide bonds. The smallest absolute Gasteiger partial charge is 0.225 e. The van der Waals surface area contributed by atoms with E-state index in [1.807, 2.05) is 18.3 Å². The van der Waals surface area contributed by atoms with Gasteiger partial charge in [0.05, 0.1) is 12.0 Å². The van der Waals surface area contributed by atoms with Gasteiger partial charge in [-0.05, 0) is 43.7 Å². The number of nitrogens with zero attached hydrogens (tertiary/aromatic N) is 2. The zero-order valence-electron chi connectivity index (χ0n) is 12.3. The number of aliphatic hydroxyl groups is 1. The fourth-order valence-electron chi connectivity index (χ4n) is 3.22. The third-order valence-electron chi connectivity index (χ3n) is 4.52. The third-order valence-corrected chi connectivity index (χ3v) is 4.52. The maximum Gasteiger partial charge on any atom is 0.225 e. The van der Waals surface area contributed by atoms with Gasteiger partial charge in [0, 0.05) is 25.8 Å². The Kier molecular flexibility index (Phi) is 4.39. The van der Waals surface area contributed by atoms with E-state index in [2.05, 4.69) is 15.2 Å². The Morgan fingerprint density at radius 3 is 2.71 bits per heavy atom. The summed E-state index contributed by atoms with van der Waals surface area (Å²) >= 11 is 0. The van der Waals surface area contributed by atoms with E-state index in [0.29, 0.717) is 6.54 Å². The minimum Gasteiger partial charge on any atom is -0.392 e. The van der Waals surface area contributed by atoms with Crippen LogP contribution in [0.1, 0.15) is 37.7 Å². The van der Waals surface area contributed by atoms with Crippen molar-refractivity contribution >= 4 is 11.7 Å². The fourth-order valence-corrected chi connectivity index (χ4v) is 3.22. The van der Waals surface area contributed by atoms with Crippen LogP contribution >= 0.6 is 0 Å². The lowest BCUT2D eigenvalue weighted by Gasteiger charge is -2.17. The monoisotopic (exact) mass is 289 g/mol. The van der Waals surface area contributed by atoms with E-state index < -0.39 is 6.10 Å². The van der Waals surface area contributed by atoms with Crippen molar-refractivity contribution in [1.29, 1.82) is 0 Å². The number of carbonyl (C=O) groups excluding carboxylic acids is 1. The average Bonchev–Trinajstić information content (AvgIpc) is 3.16. The highest BCUT2D eigenvalue weighted by Gasteiger charge is 2.31. The number of hydrogen-bond acceptors (Lipinski definition) is 4. The van der Waals surface area contributed by atoms with Gasteiger partial charge in [0.2, 0.25) is 5.91 Å². The second-order valence-electron chi connectivity index (χ2n) is 6.04. The number of carbonyl (C=O) groups is 1. The second-order valence-corrected chi connectivity index (χ2v) is 6.04. The highest BCUT2D eigenvalue weighted by Crippen LogP contribution is 2.25. The van der Waals surface area contributed by atoms with Crippen LogP contribution < -0.4 is 10.2 Å². The molecule has 2 fully saturated rings. The van der Waals surface area contributed by atoms with Crippen LogP contribution in [0.4, 0.5) is 5.82 Å². The number of aromatic nitrogens is 1. The predicted molar refractivity (Wildman–Crippen MR) is 80.9 cm³/mol. The van der Waals surface area contributed by atoms with Crippen LogP contribution in [-0.2, 0) is 11.3 Å². The van der Waals surface area contributed by atoms with Crippen molar-refractivity contribution < 1.29 is 9.90 Å². The molecule has 0 spiro atoms. The molecular formula is C16H23N3O2. The Hall–Kier alpha value is -1.62. The Morgan fingerprint density at radius 1 is 1.29 bits per heavy atom. The number of aliphatic hydroxyl groups excluding tert-OH is 1. The number of amides is 1. The largest absolute Gasteiger partial charge is 0.392 e. The van der Waals surface area contributed by atoms with Gasteiger partial charge in [-0.1, -0.05) is 6.07 Å². The van der Waals surface area contributed by atoms with Gasteiger partial charge in [-0.15, -0.1) is 0 Å². The first-order chi connectivity index (χ1) is 10.2. The zero-order valence-corrected chi connectivity index (χ0v) is 12.3. The molecule has 1 saturated heterocycles.